The lowest BCUT2D eigenvalue weighted by Gasteiger charge is -2.31. The highest BCUT2D eigenvalue weighted by molar-refractivity contribution is 7.89. The standard InChI is InChI=1S/C11H11ClF3NO2S/c12-7-5-8(6-7)16-19(17,18)10-4-2-1-3-9(10)11(13,14)15/h1-4,7-8,16H,5-6H2. The molecule has 1 aromatic carbocycles. The van der Waals surface area contributed by atoms with E-state index in [4.69, 9.17) is 11.6 Å². The Balaban J connectivity index is 2.30. The SMILES string of the molecule is O=S(=O)(NC1CC(Cl)C1)c1ccccc1C(F)(F)F. The van der Waals surface area contributed by atoms with Gasteiger partial charge in [-0.3, -0.25) is 0 Å². The van der Waals surface area contributed by atoms with Crippen LogP contribution in [0.15, 0.2) is 29.2 Å². The number of alkyl halides is 4. The molecule has 1 fully saturated rings. The summed E-state index contributed by atoms with van der Waals surface area (Å²) in [6.45, 7) is 0. The Kier molecular flexibility index (Phi) is 3.81. The highest BCUT2D eigenvalue weighted by atomic mass is 35.5. The molecule has 0 atom stereocenters. The van der Waals surface area contributed by atoms with Crippen molar-refractivity contribution in [2.75, 3.05) is 0 Å². The summed E-state index contributed by atoms with van der Waals surface area (Å²) in [7, 11) is -4.19. The summed E-state index contributed by atoms with van der Waals surface area (Å²) in [5.41, 5.74) is -1.16. The molecule has 0 heterocycles. The van der Waals surface area contributed by atoms with Gasteiger partial charge >= 0.3 is 6.18 Å². The molecule has 1 N–H and O–H groups in total. The Morgan fingerprint density at radius 2 is 1.79 bits per heavy atom. The summed E-state index contributed by atoms with van der Waals surface area (Å²) in [4.78, 5) is -0.750. The first-order valence-corrected chi connectivity index (χ1v) is 7.45. The largest absolute Gasteiger partial charge is 0.417 e. The summed E-state index contributed by atoms with van der Waals surface area (Å²) >= 11 is 5.71. The van der Waals surface area contributed by atoms with Crippen molar-refractivity contribution in [3.63, 3.8) is 0 Å². The van der Waals surface area contributed by atoms with E-state index in [1.165, 1.54) is 6.07 Å². The summed E-state index contributed by atoms with van der Waals surface area (Å²) in [5.74, 6) is 0. The lowest BCUT2D eigenvalue weighted by atomic mass is 9.94. The molecule has 106 valence electrons. The van der Waals surface area contributed by atoms with Gasteiger partial charge in [-0.05, 0) is 25.0 Å². The minimum absolute atomic E-state index is 0.120. The third kappa shape index (κ3) is 3.21. The van der Waals surface area contributed by atoms with Gasteiger partial charge in [0.25, 0.3) is 0 Å². The average Bonchev–Trinajstić information content (AvgIpc) is 2.25. The van der Waals surface area contributed by atoms with Crippen LogP contribution in [0.25, 0.3) is 0 Å². The number of halogens is 4. The molecule has 1 aliphatic carbocycles. The molecule has 0 unspecified atom stereocenters. The van der Waals surface area contributed by atoms with E-state index in [0.717, 1.165) is 18.2 Å². The highest BCUT2D eigenvalue weighted by Crippen LogP contribution is 2.34. The van der Waals surface area contributed by atoms with Crippen molar-refractivity contribution < 1.29 is 21.6 Å². The van der Waals surface area contributed by atoms with Gasteiger partial charge < -0.3 is 0 Å². The Labute approximate surface area is 113 Å². The van der Waals surface area contributed by atoms with E-state index in [0.29, 0.717) is 12.8 Å². The van der Waals surface area contributed by atoms with E-state index in [1.807, 2.05) is 0 Å². The molecule has 3 nitrogen and oxygen atoms in total. The monoisotopic (exact) mass is 313 g/mol. The van der Waals surface area contributed by atoms with Gasteiger partial charge in [0.05, 0.1) is 10.5 Å². The predicted molar refractivity (Wildman–Crippen MR) is 64.4 cm³/mol. The van der Waals surface area contributed by atoms with Gasteiger partial charge in [0.2, 0.25) is 10.0 Å². The summed E-state index contributed by atoms with van der Waals surface area (Å²) < 4.78 is 64.4. The minimum atomic E-state index is -4.71. The third-order valence-electron chi connectivity index (χ3n) is 2.88. The first-order chi connectivity index (χ1) is 8.70. The molecule has 1 saturated carbocycles. The van der Waals surface area contributed by atoms with E-state index < -0.39 is 32.7 Å². The van der Waals surface area contributed by atoms with Gasteiger partial charge in [-0.2, -0.15) is 13.2 Å². The molecule has 8 heteroatoms. The number of nitrogens with one attached hydrogen (secondary N) is 1. The summed E-state index contributed by atoms with van der Waals surface area (Å²) in [6.07, 6.45) is -3.86. The molecule has 1 aliphatic rings. The Hall–Kier alpha value is -0.790. The Morgan fingerprint density at radius 1 is 1.21 bits per heavy atom. The Bertz CT molecular complexity index is 568. The van der Waals surface area contributed by atoms with Gasteiger partial charge in [0.1, 0.15) is 0 Å². The van der Waals surface area contributed by atoms with E-state index in [1.54, 1.807) is 0 Å². The molecule has 0 spiro atoms. The zero-order valence-corrected chi connectivity index (χ0v) is 11.2. The van der Waals surface area contributed by atoms with Crippen molar-refractivity contribution in [2.45, 2.75) is 35.3 Å². The highest BCUT2D eigenvalue weighted by Gasteiger charge is 2.38. The van der Waals surface area contributed by atoms with Crippen LogP contribution in [0.4, 0.5) is 13.2 Å². The Morgan fingerprint density at radius 3 is 2.32 bits per heavy atom. The second-order valence-corrected chi connectivity index (χ2v) is 6.68. The maximum absolute atomic E-state index is 12.8. The lowest BCUT2D eigenvalue weighted by Crippen LogP contribution is -2.45. The molecule has 0 saturated heterocycles. The van der Waals surface area contributed by atoms with E-state index in [2.05, 4.69) is 4.72 Å². The van der Waals surface area contributed by atoms with Crippen molar-refractivity contribution in [2.24, 2.45) is 0 Å². The fraction of sp³-hybridized carbons (Fsp3) is 0.455. The molecule has 0 amide bonds. The van der Waals surface area contributed by atoms with Crippen LogP contribution in [0, 0.1) is 0 Å². The van der Waals surface area contributed by atoms with Crippen LogP contribution in [0.3, 0.4) is 0 Å². The summed E-state index contributed by atoms with van der Waals surface area (Å²) in [5, 5.41) is -0.120. The number of sulfonamides is 1. The molecule has 0 bridgehead atoms. The van der Waals surface area contributed by atoms with Crippen molar-refractivity contribution in [1.29, 1.82) is 0 Å². The number of rotatable bonds is 3. The molecular weight excluding hydrogens is 303 g/mol. The van der Waals surface area contributed by atoms with Crippen molar-refractivity contribution in [1.82, 2.24) is 4.72 Å². The first-order valence-electron chi connectivity index (χ1n) is 5.53. The van der Waals surface area contributed by atoms with Crippen LogP contribution < -0.4 is 4.72 Å². The second-order valence-electron chi connectivity index (χ2n) is 4.38. The quantitative estimate of drug-likeness (QED) is 0.872. The van der Waals surface area contributed by atoms with Crippen molar-refractivity contribution >= 4 is 21.6 Å². The van der Waals surface area contributed by atoms with E-state index in [9.17, 15) is 21.6 Å². The number of benzene rings is 1. The van der Waals surface area contributed by atoms with Crippen LogP contribution >= 0.6 is 11.6 Å². The molecule has 2 rings (SSSR count). The maximum Gasteiger partial charge on any atom is 0.417 e. The van der Waals surface area contributed by atoms with Crippen LogP contribution in [0.5, 0.6) is 0 Å². The first kappa shape index (κ1) is 14.6. The van der Waals surface area contributed by atoms with Crippen molar-refractivity contribution in [3.8, 4) is 0 Å². The molecule has 0 aromatic heterocycles. The normalized spacial score (nSPS) is 24.0. The van der Waals surface area contributed by atoms with Crippen LogP contribution in [0.2, 0.25) is 0 Å². The molecule has 0 radical (unpaired) electrons. The third-order valence-corrected chi connectivity index (χ3v) is 4.82. The van der Waals surface area contributed by atoms with Crippen LogP contribution in [-0.4, -0.2) is 19.8 Å². The topological polar surface area (TPSA) is 46.2 Å². The number of hydrogen-bond acceptors (Lipinski definition) is 2. The van der Waals surface area contributed by atoms with E-state index >= 15 is 0 Å². The van der Waals surface area contributed by atoms with Gasteiger partial charge in [0.15, 0.2) is 0 Å². The molecular formula is C11H11ClF3NO2S. The fourth-order valence-electron chi connectivity index (χ4n) is 1.86. The molecule has 19 heavy (non-hydrogen) atoms. The second kappa shape index (κ2) is 4.96. The van der Waals surface area contributed by atoms with Gasteiger partial charge in [-0.1, -0.05) is 12.1 Å². The van der Waals surface area contributed by atoms with Crippen LogP contribution in [-0.2, 0) is 16.2 Å². The molecule has 1 aromatic rings. The lowest BCUT2D eigenvalue weighted by molar-refractivity contribution is -0.139. The maximum atomic E-state index is 12.8. The van der Waals surface area contributed by atoms with Gasteiger partial charge in [0, 0.05) is 11.4 Å². The van der Waals surface area contributed by atoms with E-state index in [-0.39, 0.29) is 5.38 Å². The van der Waals surface area contributed by atoms with Gasteiger partial charge in [-0.15, -0.1) is 11.6 Å². The zero-order valence-electron chi connectivity index (χ0n) is 9.61. The van der Waals surface area contributed by atoms with Crippen LogP contribution in [0.1, 0.15) is 18.4 Å². The summed E-state index contributed by atoms with van der Waals surface area (Å²) in [6, 6.07) is 3.71. The van der Waals surface area contributed by atoms with Crippen molar-refractivity contribution in [3.05, 3.63) is 29.8 Å². The molecule has 0 aliphatic heterocycles. The van der Waals surface area contributed by atoms with Gasteiger partial charge in [-0.25, -0.2) is 13.1 Å². The fourth-order valence-corrected chi connectivity index (χ4v) is 3.78. The zero-order chi connectivity index (χ0) is 14.3. The average molecular weight is 314 g/mol. The predicted octanol–water partition coefficient (Wildman–Crippen LogP) is 2.75. The number of hydrogen-bond donors (Lipinski definition) is 1. The minimum Gasteiger partial charge on any atom is -0.208 e. The smallest absolute Gasteiger partial charge is 0.208 e.